The van der Waals surface area contributed by atoms with Crippen molar-refractivity contribution in [2.75, 3.05) is 0 Å². The molecule has 8 heteroatoms. The zero-order valence-electron chi connectivity index (χ0n) is 8.02. The van der Waals surface area contributed by atoms with Gasteiger partial charge in [0.15, 0.2) is 0 Å². The van der Waals surface area contributed by atoms with E-state index in [-0.39, 0.29) is 10.7 Å². The minimum absolute atomic E-state index is 0.0499. The largest absolute Gasteiger partial charge is 0.280 e. The SMILES string of the molecule is Bc1c(B)c([N+](=O)[O-])c(Cl)c(B)c1Cl. The van der Waals surface area contributed by atoms with Crippen LogP contribution in [0.1, 0.15) is 0 Å². The zero-order chi connectivity index (χ0) is 11.0. The molecule has 0 N–H and O–H groups in total. The predicted octanol–water partition coefficient (Wildman–Crippen LogP) is -2.32. The van der Waals surface area contributed by atoms with Crippen LogP contribution in [0, 0.1) is 10.1 Å². The second-order valence-corrected chi connectivity index (χ2v) is 3.86. The van der Waals surface area contributed by atoms with Crippen LogP contribution < -0.4 is 16.4 Å². The van der Waals surface area contributed by atoms with Gasteiger partial charge in [-0.05, 0) is 10.9 Å². The number of hydrogen-bond acceptors (Lipinski definition) is 2. The van der Waals surface area contributed by atoms with Crippen LogP contribution in [-0.4, -0.2) is 28.5 Å². The first-order chi connectivity index (χ1) is 6.37. The number of rotatable bonds is 1. The molecule has 0 aromatic heterocycles. The molecular weight excluding hydrogens is 221 g/mol. The molecule has 1 aromatic carbocycles. The van der Waals surface area contributed by atoms with Crippen LogP contribution in [0.25, 0.3) is 0 Å². The summed E-state index contributed by atoms with van der Waals surface area (Å²) >= 11 is 11.8. The highest BCUT2D eigenvalue weighted by atomic mass is 35.5. The summed E-state index contributed by atoms with van der Waals surface area (Å²) in [4.78, 5) is 10.3. The van der Waals surface area contributed by atoms with Gasteiger partial charge in [-0.3, -0.25) is 10.1 Å². The van der Waals surface area contributed by atoms with Gasteiger partial charge in [0, 0.05) is 5.02 Å². The van der Waals surface area contributed by atoms with Crippen molar-refractivity contribution in [2.24, 2.45) is 0 Å². The van der Waals surface area contributed by atoms with E-state index >= 15 is 0 Å². The van der Waals surface area contributed by atoms with Crippen LogP contribution in [0.5, 0.6) is 0 Å². The van der Waals surface area contributed by atoms with E-state index in [9.17, 15) is 10.1 Å². The van der Waals surface area contributed by atoms with Crippen LogP contribution in [-0.2, 0) is 0 Å². The van der Waals surface area contributed by atoms with Crippen LogP contribution >= 0.6 is 23.2 Å². The number of nitrogens with zero attached hydrogens (tertiary/aromatic N) is 1. The molecule has 70 valence electrons. The summed E-state index contributed by atoms with van der Waals surface area (Å²) in [5, 5.41) is 11.4. The van der Waals surface area contributed by atoms with Gasteiger partial charge in [0.2, 0.25) is 0 Å². The Balaban J connectivity index is 3.68. The normalized spacial score (nSPS) is 10.1. The van der Waals surface area contributed by atoms with Gasteiger partial charge in [-0.15, -0.1) is 0 Å². The Bertz CT molecular complexity index is 395. The fourth-order valence-corrected chi connectivity index (χ4v) is 1.87. The average molecular weight is 227 g/mol. The summed E-state index contributed by atoms with van der Waals surface area (Å²) in [6.45, 7) is 0. The van der Waals surface area contributed by atoms with Crippen molar-refractivity contribution < 1.29 is 4.92 Å². The molecule has 3 nitrogen and oxygen atoms in total. The monoisotopic (exact) mass is 227 g/mol. The van der Waals surface area contributed by atoms with E-state index in [1.165, 1.54) is 0 Å². The molecule has 0 bridgehead atoms. The number of nitro benzene ring substituents is 1. The molecule has 0 saturated heterocycles. The molecule has 0 unspecified atom stereocenters. The van der Waals surface area contributed by atoms with E-state index in [0.717, 1.165) is 0 Å². The number of nitro groups is 1. The molecule has 0 aliphatic heterocycles. The number of halogens is 2. The molecular formula is C6H6B3Cl2NO2. The lowest BCUT2D eigenvalue weighted by Gasteiger charge is -2.10. The van der Waals surface area contributed by atoms with Gasteiger partial charge >= 0.3 is 0 Å². The third kappa shape index (κ3) is 1.64. The van der Waals surface area contributed by atoms with Crippen LogP contribution in [0.4, 0.5) is 5.69 Å². The maximum atomic E-state index is 10.7. The van der Waals surface area contributed by atoms with Crippen molar-refractivity contribution in [3.8, 4) is 0 Å². The molecule has 14 heavy (non-hydrogen) atoms. The summed E-state index contributed by atoms with van der Waals surface area (Å²) in [5.41, 5.74) is 1.74. The molecule has 1 rings (SSSR count). The molecule has 0 atom stereocenters. The first-order valence-electron chi connectivity index (χ1n) is 3.97. The van der Waals surface area contributed by atoms with Gasteiger partial charge in [0.1, 0.15) is 28.6 Å². The Morgan fingerprint density at radius 2 is 1.50 bits per heavy atom. The van der Waals surface area contributed by atoms with E-state index in [2.05, 4.69) is 0 Å². The Morgan fingerprint density at radius 1 is 1.00 bits per heavy atom. The van der Waals surface area contributed by atoms with Gasteiger partial charge in [0.05, 0.1) is 4.92 Å². The highest BCUT2D eigenvalue weighted by Gasteiger charge is 2.22. The third-order valence-corrected chi connectivity index (χ3v) is 3.33. The average Bonchev–Trinajstić information content (AvgIpc) is 2.11. The van der Waals surface area contributed by atoms with Crippen molar-refractivity contribution in [2.45, 2.75) is 0 Å². The minimum atomic E-state index is -0.478. The van der Waals surface area contributed by atoms with Crippen LogP contribution in [0.3, 0.4) is 0 Å². The fourth-order valence-electron chi connectivity index (χ4n) is 1.28. The summed E-state index contributed by atoms with van der Waals surface area (Å²) in [5.74, 6) is 0. The Kier molecular flexibility index (Phi) is 3.17. The van der Waals surface area contributed by atoms with Crippen molar-refractivity contribution >= 4 is 68.8 Å². The standard InChI is InChI=1S/C6H6B3Cl2NO2/c7-1-2(8)6(12(13)14)5(11)3(9)4(1)10/h7-9H2. The highest BCUT2D eigenvalue weighted by molar-refractivity contribution is 6.63. The first kappa shape index (κ1) is 11.5. The van der Waals surface area contributed by atoms with E-state index in [1.807, 2.05) is 0 Å². The van der Waals surface area contributed by atoms with E-state index in [4.69, 9.17) is 23.2 Å². The second kappa shape index (κ2) is 3.87. The summed E-state index contributed by atoms with van der Waals surface area (Å²) in [6.07, 6.45) is 0. The van der Waals surface area contributed by atoms with E-state index < -0.39 is 4.92 Å². The maximum Gasteiger partial charge on any atom is 0.280 e. The Hall–Kier alpha value is -0.605. The Morgan fingerprint density at radius 3 is 1.93 bits per heavy atom. The summed E-state index contributed by atoms with van der Waals surface area (Å²) in [6, 6.07) is 0. The van der Waals surface area contributed by atoms with Crippen LogP contribution in [0.2, 0.25) is 10.0 Å². The van der Waals surface area contributed by atoms with Crippen molar-refractivity contribution in [3.05, 3.63) is 20.2 Å². The molecule has 0 saturated carbocycles. The summed E-state index contributed by atoms with van der Waals surface area (Å²) in [7, 11) is 5.06. The lowest BCUT2D eigenvalue weighted by Crippen LogP contribution is -2.34. The maximum absolute atomic E-state index is 10.7. The molecule has 1 aromatic rings. The van der Waals surface area contributed by atoms with E-state index in [0.29, 0.717) is 21.4 Å². The minimum Gasteiger partial charge on any atom is -0.258 e. The first-order valence-corrected chi connectivity index (χ1v) is 4.72. The highest BCUT2D eigenvalue weighted by Crippen LogP contribution is 2.20. The van der Waals surface area contributed by atoms with Crippen molar-refractivity contribution in [3.63, 3.8) is 0 Å². The van der Waals surface area contributed by atoms with E-state index in [1.54, 1.807) is 23.5 Å². The zero-order valence-corrected chi connectivity index (χ0v) is 9.53. The smallest absolute Gasteiger partial charge is 0.258 e. The van der Waals surface area contributed by atoms with Crippen molar-refractivity contribution in [1.29, 1.82) is 0 Å². The van der Waals surface area contributed by atoms with Gasteiger partial charge in [-0.2, -0.15) is 0 Å². The Labute approximate surface area is 94.1 Å². The predicted molar refractivity (Wildman–Crippen MR) is 67.7 cm³/mol. The molecule has 0 aliphatic rings. The molecule has 0 heterocycles. The quantitative estimate of drug-likeness (QED) is 0.307. The number of hydrogen-bond donors (Lipinski definition) is 0. The molecule has 0 fully saturated rings. The van der Waals surface area contributed by atoms with Gasteiger partial charge in [0.25, 0.3) is 5.69 Å². The van der Waals surface area contributed by atoms with Crippen molar-refractivity contribution in [1.82, 2.24) is 0 Å². The van der Waals surface area contributed by atoms with Gasteiger partial charge in [-0.1, -0.05) is 28.7 Å². The second-order valence-electron chi connectivity index (χ2n) is 3.11. The topological polar surface area (TPSA) is 43.1 Å². The summed E-state index contributed by atoms with van der Waals surface area (Å²) < 4.78 is 0. The lowest BCUT2D eigenvalue weighted by molar-refractivity contribution is -0.383. The third-order valence-electron chi connectivity index (χ3n) is 2.30. The molecule has 0 radical (unpaired) electrons. The lowest BCUT2D eigenvalue weighted by atomic mass is 9.75. The molecule has 0 aliphatic carbocycles. The molecule has 0 spiro atoms. The van der Waals surface area contributed by atoms with Crippen LogP contribution in [0.15, 0.2) is 0 Å². The van der Waals surface area contributed by atoms with Gasteiger partial charge < -0.3 is 0 Å². The molecule has 0 amide bonds. The number of benzene rings is 1. The fraction of sp³-hybridized carbons (Fsp3) is 0. The van der Waals surface area contributed by atoms with Gasteiger partial charge in [-0.25, -0.2) is 0 Å².